The summed E-state index contributed by atoms with van der Waals surface area (Å²) in [4.78, 5) is 36.7. The number of rotatable bonds is 4. The summed E-state index contributed by atoms with van der Waals surface area (Å²) in [5.74, 6) is -0.399. The molecule has 0 aliphatic carbocycles. The van der Waals surface area contributed by atoms with Crippen molar-refractivity contribution in [1.82, 2.24) is 10.2 Å². The Labute approximate surface area is 145 Å². The maximum Gasteiger partial charge on any atom is 0.324 e. The molecule has 1 aliphatic rings. The van der Waals surface area contributed by atoms with Crippen LogP contribution in [0.4, 0.5) is 10.5 Å². The van der Waals surface area contributed by atoms with Crippen LogP contribution in [0.15, 0.2) is 48.5 Å². The summed E-state index contributed by atoms with van der Waals surface area (Å²) < 4.78 is 0. The van der Waals surface area contributed by atoms with E-state index in [1.165, 1.54) is 7.05 Å². The van der Waals surface area contributed by atoms with Gasteiger partial charge >= 0.3 is 6.03 Å². The molecule has 2 aromatic rings. The van der Waals surface area contributed by atoms with Crippen molar-refractivity contribution >= 4 is 23.5 Å². The molecule has 6 heteroatoms. The smallest absolute Gasteiger partial charge is 0.324 e. The van der Waals surface area contributed by atoms with Gasteiger partial charge in [-0.3, -0.25) is 14.5 Å². The lowest BCUT2D eigenvalue weighted by Crippen LogP contribution is -2.25. The summed E-state index contributed by atoms with van der Waals surface area (Å²) in [5.41, 5.74) is 3.39. The van der Waals surface area contributed by atoms with Crippen LogP contribution in [-0.4, -0.2) is 29.8 Å². The molecule has 25 heavy (non-hydrogen) atoms. The van der Waals surface area contributed by atoms with Crippen LogP contribution >= 0.6 is 0 Å². The maximum absolute atomic E-state index is 12.1. The molecule has 1 aliphatic heterocycles. The first-order valence-corrected chi connectivity index (χ1v) is 7.97. The summed E-state index contributed by atoms with van der Waals surface area (Å²) in [6, 6.07) is 13.6. The molecular weight excluding hydrogens is 318 g/mol. The number of hydrogen-bond donors (Lipinski definition) is 2. The molecule has 1 atom stereocenters. The van der Waals surface area contributed by atoms with E-state index < -0.39 is 12.1 Å². The summed E-state index contributed by atoms with van der Waals surface area (Å²) in [7, 11) is 1.44. The van der Waals surface area contributed by atoms with Gasteiger partial charge in [0.25, 0.3) is 5.91 Å². The molecule has 2 aromatic carbocycles. The molecule has 0 radical (unpaired) electrons. The van der Waals surface area contributed by atoms with Crippen molar-refractivity contribution in [2.24, 2.45) is 0 Å². The third-order valence-corrected chi connectivity index (χ3v) is 4.12. The lowest BCUT2D eigenvalue weighted by atomic mass is 10.1. The number of nitrogens with zero attached hydrogens (tertiary/aromatic N) is 1. The first kappa shape index (κ1) is 16.7. The van der Waals surface area contributed by atoms with Gasteiger partial charge in [-0.1, -0.05) is 42.0 Å². The zero-order valence-corrected chi connectivity index (χ0v) is 14.1. The van der Waals surface area contributed by atoms with Crippen LogP contribution in [0, 0.1) is 6.92 Å². The first-order valence-electron chi connectivity index (χ1n) is 7.97. The molecule has 1 heterocycles. The van der Waals surface area contributed by atoms with E-state index in [-0.39, 0.29) is 11.8 Å². The van der Waals surface area contributed by atoms with E-state index in [2.05, 4.69) is 10.6 Å². The van der Waals surface area contributed by atoms with Gasteiger partial charge in [0.1, 0.15) is 6.04 Å². The van der Waals surface area contributed by atoms with Crippen molar-refractivity contribution < 1.29 is 14.4 Å². The van der Waals surface area contributed by atoms with Crippen LogP contribution < -0.4 is 10.6 Å². The van der Waals surface area contributed by atoms with E-state index in [1.54, 1.807) is 24.3 Å². The predicted octanol–water partition coefficient (Wildman–Crippen LogP) is 2.40. The number of amides is 4. The van der Waals surface area contributed by atoms with Crippen molar-refractivity contribution in [2.75, 3.05) is 12.4 Å². The van der Waals surface area contributed by atoms with Crippen LogP contribution in [-0.2, 0) is 16.0 Å². The number of imide groups is 1. The van der Waals surface area contributed by atoms with Crippen LogP contribution in [0.2, 0.25) is 0 Å². The van der Waals surface area contributed by atoms with E-state index in [4.69, 9.17) is 0 Å². The maximum atomic E-state index is 12.1. The van der Waals surface area contributed by atoms with Crippen molar-refractivity contribution in [3.05, 3.63) is 65.2 Å². The van der Waals surface area contributed by atoms with Gasteiger partial charge in [-0.2, -0.15) is 0 Å². The van der Waals surface area contributed by atoms with E-state index in [0.29, 0.717) is 17.7 Å². The Kier molecular flexibility index (Phi) is 4.52. The summed E-state index contributed by atoms with van der Waals surface area (Å²) in [6.45, 7) is 1.99. The molecule has 0 spiro atoms. The molecule has 2 N–H and O–H groups in total. The molecule has 0 saturated carbocycles. The average Bonchev–Trinajstić information content (AvgIpc) is 2.83. The minimum Gasteiger partial charge on any atom is -0.326 e. The topological polar surface area (TPSA) is 78.5 Å². The lowest BCUT2D eigenvalue weighted by molar-refractivity contribution is -0.126. The van der Waals surface area contributed by atoms with Crippen LogP contribution in [0.5, 0.6) is 0 Å². The number of hydrogen-bond acceptors (Lipinski definition) is 3. The van der Waals surface area contributed by atoms with Gasteiger partial charge in [-0.25, -0.2) is 4.79 Å². The molecule has 0 aromatic heterocycles. The highest BCUT2D eigenvalue weighted by atomic mass is 16.2. The number of benzene rings is 2. The normalized spacial score (nSPS) is 16.7. The molecular formula is C19H19N3O3. The van der Waals surface area contributed by atoms with Crippen LogP contribution in [0.3, 0.4) is 0 Å². The summed E-state index contributed by atoms with van der Waals surface area (Å²) in [5, 5.41) is 5.45. The summed E-state index contributed by atoms with van der Waals surface area (Å²) in [6.07, 6.45) is 0.297. The van der Waals surface area contributed by atoms with Crippen molar-refractivity contribution in [3.63, 3.8) is 0 Å². The van der Waals surface area contributed by atoms with Gasteiger partial charge in [0.15, 0.2) is 0 Å². The first-order chi connectivity index (χ1) is 11.9. The minimum absolute atomic E-state index is 0.108. The van der Waals surface area contributed by atoms with Gasteiger partial charge in [-0.15, -0.1) is 0 Å². The Bertz CT molecular complexity index is 830. The van der Waals surface area contributed by atoms with Gasteiger partial charge < -0.3 is 10.6 Å². The zero-order valence-electron chi connectivity index (χ0n) is 14.1. The van der Waals surface area contributed by atoms with Gasteiger partial charge in [0.05, 0.1) is 6.42 Å². The Hall–Kier alpha value is -3.15. The van der Waals surface area contributed by atoms with E-state index >= 15 is 0 Å². The van der Waals surface area contributed by atoms with Crippen LogP contribution in [0.25, 0.3) is 0 Å². The quantitative estimate of drug-likeness (QED) is 0.841. The second kappa shape index (κ2) is 6.76. The second-order valence-corrected chi connectivity index (χ2v) is 6.12. The standard InChI is InChI=1S/C19H19N3O3/c1-12-4-3-5-13(10-12)11-16(23)20-15-8-6-14(7-9-15)17-18(24)22(2)19(25)21-17/h3-10,17H,11H2,1-2H3,(H,20,23)(H,21,25). The SMILES string of the molecule is Cc1cccc(CC(=O)Nc2ccc(C3NC(=O)N(C)C3=O)cc2)c1. The number of aryl methyl sites for hydroxylation is 1. The lowest BCUT2D eigenvalue weighted by Gasteiger charge is -2.10. The second-order valence-electron chi connectivity index (χ2n) is 6.12. The molecule has 128 valence electrons. The van der Waals surface area contributed by atoms with Gasteiger partial charge in [-0.05, 0) is 30.2 Å². The number of nitrogens with one attached hydrogen (secondary N) is 2. The average molecular weight is 337 g/mol. The fraction of sp³-hybridized carbons (Fsp3) is 0.211. The molecule has 1 fully saturated rings. The Morgan fingerprint density at radius 3 is 2.48 bits per heavy atom. The molecule has 1 unspecified atom stereocenters. The molecule has 6 nitrogen and oxygen atoms in total. The van der Waals surface area contributed by atoms with Gasteiger partial charge in [0, 0.05) is 12.7 Å². The largest absolute Gasteiger partial charge is 0.326 e. The molecule has 3 rings (SSSR count). The molecule has 1 saturated heterocycles. The third kappa shape index (κ3) is 3.68. The summed E-state index contributed by atoms with van der Waals surface area (Å²) >= 11 is 0. The van der Waals surface area contributed by atoms with Crippen molar-refractivity contribution in [2.45, 2.75) is 19.4 Å². The van der Waals surface area contributed by atoms with E-state index in [0.717, 1.165) is 16.0 Å². The molecule has 4 amide bonds. The highest BCUT2D eigenvalue weighted by molar-refractivity contribution is 6.04. The number of anilines is 1. The van der Waals surface area contributed by atoms with Crippen molar-refractivity contribution in [3.8, 4) is 0 Å². The predicted molar refractivity (Wildman–Crippen MR) is 94.0 cm³/mol. The number of likely N-dealkylation sites (N-methyl/N-ethyl adjacent to an activating group) is 1. The van der Waals surface area contributed by atoms with Crippen molar-refractivity contribution in [1.29, 1.82) is 0 Å². The Balaban J connectivity index is 1.64. The van der Waals surface area contributed by atoms with E-state index in [9.17, 15) is 14.4 Å². The monoisotopic (exact) mass is 337 g/mol. The highest BCUT2D eigenvalue weighted by Crippen LogP contribution is 2.22. The number of urea groups is 1. The Morgan fingerprint density at radius 2 is 1.88 bits per heavy atom. The molecule has 0 bridgehead atoms. The number of carbonyl (C=O) groups is 3. The van der Waals surface area contributed by atoms with Crippen LogP contribution in [0.1, 0.15) is 22.7 Å². The number of carbonyl (C=O) groups excluding carboxylic acids is 3. The van der Waals surface area contributed by atoms with Gasteiger partial charge in [0.2, 0.25) is 5.91 Å². The minimum atomic E-state index is -0.672. The highest BCUT2D eigenvalue weighted by Gasteiger charge is 2.36. The fourth-order valence-electron chi connectivity index (χ4n) is 2.77. The third-order valence-electron chi connectivity index (χ3n) is 4.12. The Morgan fingerprint density at radius 1 is 1.16 bits per heavy atom. The fourth-order valence-corrected chi connectivity index (χ4v) is 2.77. The zero-order chi connectivity index (χ0) is 18.0. The van der Waals surface area contributed by atoms with E-state index in [1.807, 2.05) is 31.2 Å².